The molecular weight excluding hydrogens is 495 g/mol. The van der Waals surface area contributed by atoms with Crippen molar-refractivity contribution in [2.75, 3.05) is 42.5 Å². The van der Waals surface area contributed by atoms with Crippen LogP contribution in [-0.2, 0) is 21.0 Å². The Morgan fingerprint density at radius 3 is 2.34 bits per heavy atom. The van der Waals surface area contributed by atoms with Crippen LogP contribution in [0.1, 0.15) is 22.3 Å². The quantitative estimate of drug-likeness (QED) is 0.429. The summed E-state index contributed by atoms with van der Waals surface area (Å²) in [5, 5.41) is 2.53. The number of nitrogens with one attached hydrogen (secondary N) is 2. The Morgan fingerprint density at radius 2 is 1.63 bits per heavy atom. The van der Waals surface area contributed by atoms with Gasteiger partial charge in [-0.2, -0.15) is 0 Å². The van der Waals surface area contributed by atoms with Crippen molar-refractivity contribution in [2.45, 2.75) is 13.0 Å². The van der Waals surface area contributed by atoms with Crippen molar-refractivity contribution in [1.29, 1.82) is 0 Å². The third kappa shape index (κ3) is 7.38. The molecule has 0 spiro atoms. The number of aromatic nitrogens is 2. The van der Waals surface area contributed by atoms with Gasteiger partial charge in [0.1, 0.15) is 12.4 Å². The third-order valence-electron chi connectivity index (χ3n) is 5.74. The standard InChI is InChI=1S/C26H27FN6O5/c27-21-17-20(7-8-22(21)32-13-15-33(16-14-32)25-29-10-4-11-30-25)24(35)28-12-9-23(34)38-31-26(36)37-18-19-5-2-1-3-6-19/h1-8,10-11,17H,9,12-16,18H2,(H,28,35)(H,31,36). The fourth-order valence-electron chi connectivity index (χ4n) is 3.79. The maximum Gasteiger partial charge on any atom is 0.441 e. The van der Waals surface area contributed by atoms with Gasteiger partial charge in [-0.3, -0.25) is 4.79 Å². The minimum atomic E-state index is -0.920. The maximum atomic E-state index is 14.8. The molecule has 2 N–H and O–H groups in total. The Hall–Kier alpha value is -4.74. The number of hydroxylamine groups is 1. The lowest BCUT2D eigenvalue weighted by molar-refractivity contribution is -0.149. The first-order valence-corrected chi connectivity index (χ1v) is 12.0. The maximum absolute atomic E-state index is 14.8. The number of rotatable bonds is 8. The number of amides is 2. The number of anilines is 2. The van der Waals surface area contributed by atoms with Crippen LogP contribution in [0.4, 0.5) is 20.8 Å². The molecule has 0 aliphatic carbocycles. The van der Waals surface area contributed by atoms with Gasteiger partial charge in [0.15, 0.2) is 0 Å². The molecule has 12 heteroatoms. The zero-order valence-corrected chi connectivity index (χ0v) is 20.5. The van der Waals surface area contributed by atoms with Crippen LogP contribution < -0.4 is 20.6 Å². The Bertz CT molecular complexity index is 1240. The largest absolute Gasteiger partial charge is 0.443 e. The molecule has 1 saturated heterocycles. The minimum Gasteiger partial charge on any atom is -0.443 e. The summed E-state index contributed by atoms with van der Waals surface area (Å²) >= 11 is 0. The molecule has 0 radical (unpaired) electrons. The van der Waals surface area contributed by atoms with Crippen molar-refractivity contribution in [3.8, 4) is 0 Å². The second-order valence-corrected chi connectivity index (χ2v) is 8.33. The fraction of sp³-hybridized carbons (Fsp3) is 0.269. The van der Waals surface area contributed by atoms with Gasteiger partial charge in [0.25, 0.3) is 5.91 Å². The molecule has 1 aliphatic rings. The molecule has 0 atom stereocenters. The third-order valence-corrected chi connectivity index (χ3v) is 5.74. The van der Waals surface area contributed by atoms with Gasteiger partial charge in [-0.15, -0.1) is 5.48 Å². The smallest absolute Gasteiger partial charge is 0.441 e. The summed E-state index contributed by atoms with van der Waals surface area (Å²) in [6, 6.07) is 15.0. The van der Waals surface area contributed by atoms with Gasteiger partial charge < -0.3 is 24.7 Å². The number of carbonyl (C=O) groups excluding carboxylic acids is 3. The van der Waals surface area contributed by atoms with E-state index in [1.165, 1.54) is 12.1 Å². The number of carbonyl (C=O) groups is 3. The van der Waals surface area contributed by atoms with E-state index in [4.69, 9.17) is 4.74 Å². The van der Waals surface area contributed by atoms with Crippen LogP contribution in [0.25, 0.3) is 0 Å². The van der Waals surface area contributed by atoms with Crippen molar-refractivity contribution in [1.82, 2.24) is 20.8 Å². The van der Waals surface area contributed by atoms with Crippen LogP contribution >= 0.6 is 0 Å². The first kappa shape index (κ1) is 26.3. The van der Waals surface area contributed by atoms with Gasteiger partial charge in [0.2, 0.25) is 5.95 Å². The van der Waals surface area contributed by atoms with Crippen LogP contribution in [0, 0.1) is 5.82 Å². The van der Waals surface area contributed by atoms with Crippen LogP contribution in [0.3, 0.4) is 0 Å². The summed E-state index contributed by atoms with van der Waals surface area (Å²) < 4.78 is 19.8. The molecule has 2 aromatic carbocycles. The molecule has 1 aliphatic heterocycles. The van der Waals surface area contributed by atoms with Gasteiger partial charge >= 0.3 is 12.1 Å². The zero-order chi connectivity index (χ0) is 26.7. The molecule has 0 saturated carbocycles. The molecule has 3 aromatic rings. The molecule has 38 heavy (non-hydrogen) atoms. The Kier molecular flexibility index (Phi) is 9.00. The highest BCUT2D eigenvalue weighted by molar-refractivity contribution is 5.94. The number of ether oxygens (including phenoxy) is 1. The van der Waals surface area contributed by atoms with Crippen LogP contribution in [0.5, 0.6) is 0 Å². The monoisotopic (exact) mass is 522 g/mol. The summed E-state index contributed by atoms with van der Waals surface area (Å²) in [7, 11) is 0. The molecule has 4 rings (SSSR count). The number of benzene rings is 2. The highest BCUT2D eigenvalue weighted by atomic mass is 19.1. The first-order chi connectivity index (χ1) is 18.5. The van der Waals surface area contributed by atoms with E-state index >= 15 is 0 Å². The Morgan fingerprint density at radius 1 is 0.921 bits per heavy atom. The second-order valence-electron chi connectivity index (χ2n) is 8.33. The highest BCUT2D eigenvalue weighted by Crippen LogP contribution is 2.23. The molecule has 2 amide bonds. The molecule has 0 bridgehead atoms. The minimum absolute atomic E-state index is 0.0223. The SMILES string of the molecule is O=C(CCNC(=O)c1ccc(N2CCN(c3ncccn3)CC2)c(F)c1)ONC(=O)OCc1ccccc1. The van der Waals surface area contributed by atoms with E-state index in [1.807, 2.05) is 21.3 Å². The van der Waals surface area contributed by atoms with Gasteiger partial charge in [-0.25, -0.2) is 23.9 Å². The fourth-order valence-corrected chi connectivity index (χ4v) is 3.79. The average Bonchev–Trinajstić information content (AvgIpc) is 2.96. The number of halogens is 1. The van der Waals surface area contributed by atoms with E-state index in [-0.39, 0.29) is 25.1 Å². The molecule has 2 heterocycles. The Balaban J connectivity index is 1.16. The van der Waals surface area contributed by atoms with E-state index in [0.29, 0.717) is 37.8 Å². The number of hydrogen-bond donors (Lipinski definition) is 2. The van der Waals surface area contributed by atoms with E-state index in [1.54, 1.807) is 48.8 Å². The van der Waals surface area contributed by atoms with E-state index in [0.717, 1.165) is 5.56 Å². The van der Waals surface area contributed by atoms with E-state index < -0.39 is 23.8 Å². The lowest BCUT2D eigenvalue weighted by Gasteiger charge is -2.36. The molecule has 1 fully saturated rings. The lowest BCUT2D eigenvalue weighted by Crippen LogP contribution is -2.47. The predicted octanol–water partition coefficient (Wildman–Crippen LogP) is 2.45. The molecular formula is C26H27FN6O5. The van der Waals surface area contributed by atoms with Crippen molar-refractivity contribution >= 4 is 29.6 Å². The summed E-state index contributed by atoms with van der Waals surface area (Å²) in [6.45, 7) is 2.40. The normalized spacial score (nSPS) is 13.0. The highest BCUT2D eigenvalue weighted by Gasteiger charge is 2.22. The number of nitrogens with zero attached hydrogens (tertiary/aromatic N) is 4. The van der Waals surface area contributed by atoms with Gasteiger partial charge in [0, 0.05) is 50.7 Å². The van der Waals surface area contributed by atoms with Crippen LogP contribution in [-0.4, -0.2) is 60.7 Å². The van der Waals surface area contributed by atoms with Gasteiger partial charge in [0.05, 0.1) is 12.1 Å². The van der Waals surface area contributed by atoms with Crippen molar-refractivity contribution in [3.63, 3.8) is 0 Å². The summed E-state index contributed by atoms with van der Waals surface area (Å²) in [5.41, 5.74) is 3.20. The summed E-state index contributed by atoms with van der Waals surface area (Å²) in [4.78, 5) is 52.9. The summed E-state index contributed by atoms with van der Waals surface area (Å²) in [6.07, 6.45) is 2.24. The topological polar surface area (TPSA) is 126 Å². The number of hydrogen-bond acceptors (Lipinski definition) is 9. The molecule has 11 nitrogen and oxygen atoms in total. The predicted molar refractivity (Wildman–Crippen MR) is 136 cm³/mol. The summed E-state index contributed by atoms with van der Waals surface area (Å²) in [5.74, 6) is -1.19. The first-order valence-electron chi connectivity index (χ1n) is 12.0. The zero-order valence-electron chi connectivity index (χ0n) is 20.5. The van der Waals surface area contributed by atoms with E-state index in [2.05, 4.69) is 20.1 Å². The lowest BCUT2D eigenvalue weighted by atomic mass is 10.1. The number of piperazine rings is 1. The van der Waals surface area contributed by atoms with Crippen LogP contribution in [0.2, 0.25) is 0 Å². The Labute approximate surface area is 218 Å². The van der Waals surface area contributed by atoms with Gasteiger partial charge in [-0.05, 0) is 29.8 Å². The van der Waals surface area contributed by atoms with Crippen molar-refractivity contribution in [3.05, 3.63) is 83.9 Å². The van der Waals surface area contributed by atoms with Crippen LogP contribution in [0.15, 0.2) is 67.0 Å². The molecule has 1 aromatic heterocycles. The van der Waals surface area contributed by atoms with E-state index in [9.17, 15) is 18.8 Å². The van der Waals surface area contributed by atoms with Crippen molar-refractivity contribution < 1.29 is 28.3 Å². The van der Waals surface area contributed by atoms with Gasteiger partial charge in [-0.1, -0.05) is 30.3 Å². The molecule has 0 unspecified atom stereocenters. The molecule has 198 valence electrons. The average molecular weight is 523 g/mol. The van der Waals surface area contributed by atoms with Crippen molar-refractivity contribution in [2.24, 2.45) is 0 Å². The second kappa shape index (κ2) is 13.0.